The molecule has 16 heavy (non-hydrogen) atoms. The average molecular weight is 226 g/mol. The predicted molar refractivity (Wildman–Crippen MR) is 67.5 cm³/mol. The summed E-state index contributed by atoms with van der Waals surface area (Å²) in [5, 5.41) is 0. The van der Waals surface area contributed by atoms with E-state index in [1.807, 2.05) is 6.92 Å². The van der Waals surface area contributed by atoms with Crippen molar-refractivity contribution in [3.8, 4) is 0 Å². The Labute approximate surface area is 99.8 Å². The van der Waals surface area contributed by atoms with Gasteiger partial charge in [-0.3, -0.25) is 4.79 Å². The fourth-order valence-corrected chi connectivity index (χ4v) is 1.73. The Morgan fingerprint density at radius 1 is 1.00 bits per heavy atom. The molecule has 0 radical (unpaired) electrons. The lowest BCUT2D eigenvalue weighted by atomic mass is 9.95. The summed E-state index contributed by atoms with van der Waals surface area (Å²) < 4.78 is 0. The highest BCUT2D eigenvalue weighted by Gasteiger charge is 2.12. The molecule has 0 aliphatic carbocycles. The van der Waals surface area contributed by atoms with Crippen LogP contribution in [0.4, 0.5) is 0 Å². The third-order valence-corrected chi connectivity index (χ3v) is 3.01. The van der Waals surface area contributed by atoms with Gasteiger partial charge in [-0.25, -0.2) is 0 Å². The first-order chi connectivity index (χ1) is 7.57. The Morgan fingerprint density at radius 2 is 1.62 bits per heavy atom. The number of hydrogen-bond donors (Lipinski definition) is 0. The van der Waals surface area contributed by atoms with Crippen molar-refractivity contribution in [1.82, 2.24) is 0 Å². The van der Waals surface area contributed by atoms with E-state index in [-0.39, 0.29) is 11.7 Å². The van der Waals surface area contributed by atoms with Crippen LogP contribution < -0.4 is 0 Å². The van der Waals surface area contributed by atoms with Crippen molar-refractivity contribution in [3.05, 3.63) is 0 Å². The largest absolute Gasteiger partial charge is 0.300 e. The zero-order valence-corrected chi connectivity index (χ0v) is 11.1. The van der Waals surface area contributed by atoms with Gasteiger partial charge in [-0.05, 0) is 19.8 Å². The van der Waals surface area contributed by atoms with Crippen LogP contribution in [0.15, 0.2) is 0 Å². The molecule has 0 fully saturated rings. The van der Waals surface area contributed by atoms with E-state index in [2.05, 4.69) is 6.92 Å². The molecule has 0 bridgehead atoms. The highest BCUT2D eigenvalue weighted by Crippen LogP contribution is 2.13. The summed E-state index contributed by atoms with van der Waals surface area (Å²) in [5.74, 6) is 0.579. The molecule has 1 unspecified atom stereocenters. The van der Waals surface area contributed by atoms with Gasteiger partial charge in [0.2, 0.25) is 0 Å². The SMILES string of the molecule is CCCCCCCC(=O)C(C)CCC(C)=O. The summed E-state index contributed by atoms with van der Waals surface area (Å²) in [7, 11) is 0. The molecule has 2 nitrogen and oxygen atoms in total. The molecule has 0 heterocycles. The van der Waals surface area contributed by atoms with Crippen molar-refractivity contribution >= 4 is 11.6 Å². The van der Waals surface area contributed by atoms with E-state index in [1.165, 1.54) is 25.7 Å². The fourth-order valence-electron chi connectivity index (χ4n) is 1.73. The highest BCUT2D eigenvalue weighted by molar-refractivity contribution is 5.81. The number of carbonyl (C=O) groups excluding carboxylic acids is 2. The minimum absolute atomic E-state index is 0.0649. The Balaban J connectivity index is 3.51. The van der Waals surface area contributed by atoms with E-state index in [0.717, 1.165) is 12.8 Å². The van der Waals surface area contributed by atoms with Crippen molar-refractivity contribution in [2.24, 2.45) is 5.92 Å². The van der Waals surface area contributed by atoms with Crippen LogP contribution >= 0.6 is 0 Å². The Kier molecular flexibility index (Phi) is 9.16. The molecule has 2 heteroatoms. The molecule has 0 aliphatic rings. The summed E-state index contributed by atoms with van der Waals surface area (Å²) in [6, 6.07) is 0. The van der Waals surface area contributed by atoms with Crippen molar-refractivity contribution in [2.45, 2.75) is 72.1 Å². The van der Waals surface area contributed by atoms with Gasteiger partial charge in [-0.2, -0.15) is 0 Å². The second-order valence-electron chi connectivity index (χ2n) is 4.77. The van der Waals surface area contributed by atoms with Crippen molar-refractivity contribution in [1.29, 1.82) is 0 Å². The zero-order valence-electron chi connectivity index (χ0n) is 11.1. The van der Waals surface area contributed by atoms with Gasteiger partial charge in [0.1, 0.15) is 11.6 Å². The van der Waals surface area contributed by atoms with Crippen molar-refractivity contribution in [2.75, 3.05) is 0 Å². The fraction of sp³-hybridized carbons (Fsp3) is 0.857. The molecule has 0 aliphatic heterocycles. The van der Waals surface area contributed by atoms with Gasteiger partial charge in [0, 0.05) is 18.8 Å². The van der Waals surface area contributed by atoms with Gasteiger partial charge in [0.25, 0.3) is 0 Å². The molecule has 1 atom stereocenters. The third-order valence-electron chi connectivity index (χ3n) is 3.01. The van der Waals surface area contributed by atoms with Gasteiger partial charge in [0.15, 0.2) is 0 Å². The number of Topliss-reactive ketones (excluding diaryl/α,β-unsaturated/α-hetero) is 2. The number of ketones is 2. The molecule has 0 saturated carbocycles. The molecular formula is C14H26O2. The molecule has 0 rings (SSSR count). The van der Waals surface area contributed by atoms with Crippen LogP contribution in [-0.2, 0) is 9.59 Å². The van der Waals surface area contributed by atoms with Crippen molar-refractivity contribution < 1.29 is 9.59 Å². The lowest BCUT2D eigenvalue weighted by Gasteiger charge is -2.08. The summed E-state index contributed by atoms with van der Waals surface area (Å²) >= 11 is 0. The normalized spacial score (nSPS) is 12.4. The highest BCUT2D eigenvalue weighted by atomic mass is 16.1. The van der Waals surface area contributed by atoms with E-state index in [1.54, 1.807) is 6.92 Å². The first kappa shape index (κ1) is 15.3. The summed E-state index contributed by atoms with van der Waals surface area (Å²) in [5.41, 5.74) is 0. The van der Waals surface area contributed by atoms with Crippen LogP contribution in [0.25, 0.3) is 0 Å². The van der Waals surface area contributed by atoms with E-state index in [9.17, 15) is 9.59 Å². The second-order valence-corrected chi connectivity index (χ2v) is 4.77. The minimum Gasteiger partial charge on any atom is -0.300 e. The number of rotatable bonds is 10. The second kappa shape index (κ2) is 9.56. The summed E-state index contributed by atoms with van der Waals surface area (Å²) in [6.45, 7) is 5.72. The maximum atomic E-state index is 11.7. The van der Waals surface area contributed by atoms with Gasteiger partial charge in [-0.1, -0.05) is 39.5 Å². The predicted octanol–water partition coefficient (Wildman–Crippen LogP) is 3.92. The van der Waals surface area contributed by atoms with Crippen LogP contribution in [0, 0.1) is 5.92 Å². The molecule has 0 aromatic heterocycles. The molecule has 0 aromatic rings. The Morgan fingerprint density at radius 3 is 2.19 bits per heavy atom. The molecule has 94 valence electrons. The molecule has 0 N–H and O–H groups in total. The summed E-state index contributed by atoms with van der Waals surface area (Å²) in [4.78, 5) is 22.5. The van der Waals surface area contributed by atoms with Crippen LogP contribution in [0.1, 0.15) is 72.1 Å². The van der Waals surface area contributed by atoms with E-state index in [4.69, 9.17) is 0 Å². The Hall–Kier alpha value is -0.660. The van der Waals surface area contributed by atoms with E-state index < -0.39 is 0 Å². The molecule has 0 spiro atoms. The van der Waals surface area contributed by atoms with Crippen LogP contribution in [0.5, 0.6) is 0 Å². The maximum Gasteiger partial charge on any atom is 0.135 e. The van der Waals surface area contributed by atoms with Crippen molar-refractivity contribution in [3.63, 3.8) is 0 Å². The zero-order chi connectivity index (χ0) is 12.4. The van der Waals surface area contributed by atoms with Gasteiger partial charge in [-0.15, -0.1) is 0 Å². The van der Waals surface area contributed by atoms with Gasteiger partial charge >= 0.3 is 0 Å². The van der Waals surface area contributed by atoms with Crippen LogP contribution in [-0.4, -0.2) is 11.6 Å². The first-order valence-electron chi connectivity index (χ1n) is 6.60. The van der Waals surface area contributed by atoms with Crippen LogP contribution in [0.3, 0.4) is 0 Å². The third kappa shape index (κ3) is 8.63. The lowest BCUT2D eigenvalue weighted by Crippen LogP contribution is -2.11. The van der Waals surface area contributed by atoms with E-state index >= 15 is 0 Å². The molecular weight excluding hydrogens is 200 g/mol. The topological polar surface area (TPSA) is 34.1 Å². The van der Waals surface area contributed by atoms with E-state index in [0.29, 0.717) is 18.6 Å². The molecule has 0 amide bonds. The summed E-state index contributed by atoms with van der Waals surface area (Å²) in [6.07, 6.45) is 7.90. The number of hydrogen-bond acceptors (Lipinski definition) is 2. The number of unbranched alkanes of at least 4 members (excludes halogenated alkanes) is 4. The lowest BCUT2D eigenvalue weighted by molar-refractivity contribution is -0.123. The standard InChI is InChI=1S/C14H26O2/c1-4-5-6-7-8-9-14(16)12(2)10-11-13(3)15/h12H,4-11H2,1-3H3. The first-order valence-corrected chi connectivity index (χ1v) is 6.60. The Bertz CT molecular complexity index is 209. The number of carbonyl (C=O) groups is 2. The minimum atomic E-state index is 0.0649. The van der Waals surface area contributed by atoms with Gasteiger partial charge in [0.05, 0.1) is 0 Å². The average Bonchev–Trinajstić information content (AvgIpc) is 2.25. The quantitative estimate of drug-likeness (QED) is 0.529. The maximum absolute atomic E-state index is 11.7. The molecule has 0 aromatic carbocycles. The van der Waals surface area contributed by atoms with Crippen LogP contribution in [0.2, 0.25) is 0 Å². The monoisotopic (exact) mass is 226 g/mol. The smallest absolute Gasteiger partial charge is 0.135 e. The molecule has 0 saturated heterocycles. The van der Waals surface area contributed by atoms with Gasteiger partial charge < -0.3 is 4.79 Å².